The second kappa shape index (κ2) is 7.56. The fourth-order valence-corrected chi connectivity index (χ4v) is 2.80. The molecular weight excluding hydrogens is 315 g/mol. The van der Waals surface area contributed by atoms with Crippen molar-refractivity contribution in [3.05, 3.63) is 20.3 Å². The summed E-state index contributed by atoms with van der Waals surface area (Å²) in [6.07, 6.45) is 1.61. The molecule has 0 aromatic carbocycles. The average molecular weight is 332 g/mol. The van der Waals surface area contributed by atoms with Gasteiger partial charge in [0.2, 0.25) is 0 Å². The van der Waals surface area contributed by atoms with Crippen LogP contribution in [0, 0.1) is 0 Å². The predicted molar refractivity (Wildman–Crippen MR) is 81.4 cm³/mol. The van der Waals surface area contributed by atoms with E-state index in [4.69, 9.17) is 28.9 Å². The summed E-state index contributed by atoms with van der Waals surface area (Å²) in [5.74, 6) is -0.227. The van der Waals surface area contributed by atoms with E-state index in [2.05, 4.69) is 5.32 Å². The van der Waals surface area contributed by atoms with Crippen LogP contribution in [0.15, 0.2) is 6.07 Å². The minimum absolute atomic E-state index is 0. The quantitative estimate of drug-likeness (QED) is 0.864. The van der Waals surface area contributed by atoms with E-state index in [0.717, 1.165) is 12.8 Å². The zero-order valence-corrected chi connectivity index (χ0v) is 13.4. The van der Waals surface area contributed by atoms with Crippen LogP contribution >= 0.6 is 46.9 Å². The lowest BCUT2D eigenvalue weighted by atomic mass is 9.94. The highest BCUT2D eigenvalue weighted by Gasteiger charge is 2.22. The van der Waals surface area contributed by atoms with Crippen LogP contribution in [-0.2, 0) is 0 Å². The monoisotopic (exact) mass is 330 g/mol. The third-order valence-electron chi connectivity index (χ3n) is 2.91. The highest BCUT2D eigenvalue weighted by Crippen LogP contribution is 2.31. The lowest BCUT2D eigenvalue weighted by Gasteiger charge is -2.26. The smallest absolute Gasteiger partial charge is 0.253 e. The van der Waals surface area contributed by atoms with E-state index in [1.54, 1.807) is 6.07 Å². The molecule has 0 saturated heterocycles. The number of hydrogen-bond donors (Lipinski definition) is 2. The Morgan fingerprint density at radius 1 is 1.44 bits per heavy atom. The van der Waals surface area contributed by atoms with Crippen LogP contribution in [-0.4, -0.2) is 18.0 Å². The summed E-state index contributed by atoms with van der Waals surface area (Å²) in [6.45, 7) is 4.44. The molecule has 0 atom stereocenters. The van der Waals surface area contributed by atoms with E-state index in [-0.39, 0.29) is 23.9 Å². The summed E-state index contributed by atoms with van der Waals surface area (Å²) in [7, 11) is 0. The molecule has 0 radical (unpaired) electrons. The second-order valence-corrected chi connectivity index (χ2v) is 6.28. The summed E-state index contributed by atoms with van der Waals surface area (Å²) in [6, 6.07) is 1.57. The van der Waals surface area contributed by atoms with Gasteiger partial charge in [-0.3, -0.25) is 4.79 Å². The fraction of sp³-hybridized carbons (Fsp3) is 0.545. The molecule has 0 fully saturated rings. The molecule has 18 heavy (non-hydrogen) atoms. The van der Waals surface area contributed by atoms with E-state index >= 15 is 0 Å². The first kappa shape index (κ1) is 18.0. The Morgan fingerprint density at radius 3 is 2.39 bits per heavy atom. The van der Waals surface area contributed by atoms with E-state index < -0.39 is 0 Å². The molecular formula is C11H17Cl3N2OS. The molecule has 0 saturated carbocycles. The highest BCUT2D eigenvalue weighted by atomic mass is 35.5. The molecule has 0 aliphatic carbocycles. The number of thiophene rings is 1. The lowest BCUT2D eigenvalue weighted by Crippen LogP contribution is -2.49. The molecule has 7 heteroatoms. The number of hydrogen-bond acceptors (Lipinski definition) is 3. The van der Waals surface area contributed by atoms with Gasteiger partial charge in [0.05, 0.1) is 9.90 Å². The molecule has 3 nitrogen and oxygen atoms in total. The van der Waals surface area contributed by atoms with Gasteiger partial charge in [0, 0.05) is 12.1 Å². The van der Waals surface area contributed by atoms with Crippen LogP contribution in [0.5, 0.6) is 0 Å². The number of rotatable bonds is 5. The van der Waals surface area contributed by atoms with Crippen LogP contribution in [0.2, 0.25) is 8.67 Å². The van der Waals surface area contributed by atoms with Gasteiger partial charge >= 0.3 is 0 Å². The van der Waals surface area contributed by atoms with Crippen molar-refractivity contribution in [2.45, 2.75) is 32.2 Å². The maximum Gasteiger partial charge on any atom is 0.253 e. The maximum absolute atomic E-state index is 11.9. The first-order chi connectivity index (χ1) is 7.91. The van der Waals surface area contributed by atoms with Crippen LogP contribution in [0.1, 0.15) is 37.0 Å². The summed E-state index contributed by atoms with van der Waals surface area (Å²) < 4.78 is 0.910. The standard InChI is InChI=1S/C11H16Cl2N2OS.ClH/c1-3-11(14,4-2)6-15-10(16)7-5-8(12)17-9(7)13;/h5H,3-4,6,14H2,1-2H3,(H,15,16);1H. The first-order valence-corrected chi connectivity index (χ1v) is 7.01. The summed E-state index contributed by atoms with van der Waals surface area (Å²) >= 11 is 12.9. The van der Waals surface area contributed by atoms with Gasteiger partial charge in [0.15, 0.2) is 0 Å². The van der Waals surface area contributed by atoms with Gasteiger partial charge in [-0.25, -0.2) is 0 Å². The minimum atomic E-state index is -0.359. The molecule has 1 heterocycles. The first-order valence-electron chi connectivity index (χ1n) is 5.43. The SMILES string of the molecule is CCC(N)(CC)CNC(=O)c1cc(Cl)sc1Cl.Cl. The molecule has 1 amide bonds. The normalized spacial score (nSPS) is 10.9. The van der Waals surface area contributed by atoms with Crippen molar-refractivity contribution in [1.82, 2.24) is 5.32 Å². The third-order valence-corrected chi connectivity index (χ3v) is 4.40. The van der Waals surface area contributed by atoms with Gasteiger partial charge < -0.3 is 11.1 Å². The van der Waals surface area contributed by atoms with Crippen molar-refractivity contribution in [2.75, 3.05) is 6.54 Å². The van der Waals surface area contributed by atoms with Crippen molar-refractivity contribution in [1.29, 1.82) is 0 Å². The Labute approximate surface area is 127 Å². The highest BCUT2D eigenvalue weighted by molar-refractivity contribution is 7.20. The zero-order chi connectivity index (χ0) is 13.1. The summed E-state index contributed by atoms with van der Waals surface area (Å²) in [5.41, 5.74) is 6.15. The van der Waals surface area contributed by atoms with Gasteiger partial charge in [0.25, 0.3) is 5.91 Å². The van der Waals surface area contributed by atoms with E-state index in [1.165, 1.54) is 11.3 Å². The molecule has 0 spiro atoms. The van der Waals surface area contributed by atoms with Crippen molar-refractivity contribution in [2.24, 2.45) is 5.73 Å². The fourth-order valence-electron chi connectivity index (χ4n) is 1.35. The number of nitrogens with two attached hydrogens (primary N) is 1. The second-order valence-electron chi connectivity index (χ2n) is 3.99. The number of carbonyl (C=O) groups is 1. The Balaban J connectivity index is 0.00000289. The molecule has 1 rings (SSSR count). The molecule has 3 N–H and O–H groups in total. The number of carbonyl (C=O) groups excluding carboxylic acids is 1. The van der Waals surface area contributed by atoms with Gasteiger partial charge in [-0.05, 0) is 18.9 Å². The van der Waals surface area contributed by atoms with Gasteiger partial charge in [-0.2, -0.15) is 0 Å². The van der Waals surface area contributed by atoms with Crippen molar-refractivity contribution >= 4 is 52.9 Å². The molecule has 0 aliphatic heterocycles. The van der Waals surface area contributed by atoms with E-state index in [1.807, 2.05) is 13.8 Å². The Kier molecular flexibility index (Phi) is 7.56. The van der Waals surface area contributed by atoms with Crippen LogP contribution < -0.4 is 11.1 Å². The van der Waals surface area contributed by atoms with E-state index in [0.29, 0.717) is 20.8 Å². The summed E-state index contributed by atoms with van der Waals surface area (Å²) in [5, 5.41) is 2.80. The van der Waals surface area contributed by atoms with Crippen molar-refractivity contribution in [3.63, 3.8) is 0 Å². The average Bonchev–Trinajstić information content (AvgIpc) is 2.65. The van der Waals surface area contributed by atoms with E-state index in [9.17, 15) is 4.79 Å². The largest absolute Gasteiger partial charge is 0.350 e. The Bertz CT molecular complexity index is 405. The number of halogens is 3. The van der Waals surface area contributed by atoms with Crippen LogP contribution in [0.25, 0.3) is 0 Å². The predicted octanol–water partition coefficient (Wildman–Crippen LogP) is 3.72. The molecule has 1 aromatic rings. The topological polar surface area (TPSA) is 55.1 Å². The lowest BCUT2D eigenvalue weighted by molar-refractivity contribution is 0.0943. The molecule has 1 aromatic heterocycles. The van der Waals surface area contributed by atoms with Gasteiger partial charge in [-0.1, -0.05) is 37.0 Å². The molecule has 0 unspecified atom stereocenters. The molecule has 0 bridgehead atoms. The van der Waals surface area contributed by atoms with Crippen LogP contribution in [0.4, 0.5) is 0 Å². The number of nitrogens with one attached hydrogen (secondary N) is 1. The zero-order valence-electron chi connectivity index (χ0n) is 10.3. The molecule has 0 aliphatic rings. The molecule has 104 valence electrons. The summed E-state index contributed by atoms with van der Waals surface area (Å²) in [4.78, 5) is 11.9. The van der Waals surface area contributed by atoms with Gasteiger partial charge in [-0.15, -0.1) is 23.7 Å². The number of amides is 1. The minimum Gasteiger partial charge on any atom is -0.350 e. The third kappa shape index (κ3) is 4.59. The van der Waals surface area contributed by atoms with Crippen molar-refractivity contribution in [3.8, 4) is 0 Å². The Morgan fingerprint density at radius 2 is 2.00 bits per heavy atom. The Hall–Kier alpha value is -0.000000000000000222. The van der Waals surface area contributed by atoms with Crippen molar-refractivity contribution < 1.29 is 4.79 Å². The van der Waals surface area contributed by atoms with Gasteiger partial charge in [0.1, 0.15) is 4.34 Å². The van der Waals surface area contributed by atoms with Crippen LogP contribution in [0.3, 0.4) is 0 Å². The maximum atomic E-state index is 11.9.